The molecule has 0 radical (unpaired) electrons. The van der Waals surface area contributed by atoms with Crippen LogP contribution in [0.4, 0.5) is 0 Å². The van der Waals surface area contributed by atoms with Gasteiger partial charge < -0.3 is 9.47 Å². The molecule has 0 amide bonds. The minimum atomic E-state index is -0.177. The summed E-state index contributed by atoms with van der Waals surface area (Å²) in [6, 6.07) is 0. The Kier molecular flexibility index (Phi) is 5.15. The highest BCUT2D eigenvalue weighted by Crippen LogP contribution is 2.21. The van der Waals surface area contributed by atoms with Gasteiger partial charge in [-0.3, -0.25) is 9.59 Å². The molecule has 0 aromatic heterocycles. The molecule has 86 valence electrons. The van der Waals surface area contributed by atoms with E-state index in [1.807, 2.05) is 6.92 Å². The van der Waals surface area contributed by atoms with Crippen LogP contribution >= 0.6 is 0 Å². The minimum absolute atomic E-state index is 0.0316. The van der Waals surface area contributed by atoms with Gasteiger partial charge in [0.25, 0.3) is 6.47 Å². The molecule has 1 aliphatic carbocycles. The quantitative estimate of drug-likeness (QED) is 0.498. The van der Waals surface area contributed by atoms with E-state index in [0.717, 1.165) is 25.7 Å². The average molecular weight is 214 g/mol. The highest BCUT2D eigenvalue weighted by Gasteiger charge is 2.20. The van der Waals surface area contributed by atoms with Gasteiger partial charge in [0, 0.05) is 5.92 Å². The maximum Gasteiger partial charge on any atom is 0.306 e. The van der Waals surface area contributed by atoms with Crippen molar-refractivity contribution in [3.05, 3.63) is 0 Å². The van der Waals surface area contributed by atoms with Crippen molar-refractivity contribution in [2.45, 2.75) is 45.1 Å². The van der Waals surface area contributed by atoms with Crippen LogP contribution in [0.2, 0.25) is 0 Å². The van der Waals surface area contributed by atoms with Gasteiger partial charge in [0.05, 0.1) is 13.0 Å². The van der Waals surface area contributed by atoms with Crippen molar-refractivity contribution in [1.29, 1.82) is 0 Å². The molecule has 0 aromatic rings. The third kappa shape index (κ3) is 4.81. The first-order chi connectivity index (χ1) is 7.22. The number of carbonyl (C=O) groups is 2. The molecule has 1 saturated carbocycles. The third-order valence-electron chi connectivity index (χ3n) is 2.56. The molecule has 0 N–H and O–H groups in total. The SMILES string of the molecule is CC(COC=O)CC(=O)OC1CCCC1. The largest absolute Gasteiger partial charge is 0.468 e. The number of hydrogen-bond donors (Lipinski definition) is 0. The van der Waals surface area contributed by atoms with Gasteiger partial charge in [-0.15, -0.1) is 0 Å². The third-order valence-corrected chi connectivity index (χ3v) is 2.56. The van der Waals surface area contributed by atoms with Crippen LogP contribution in [0.25, 0.3) is 0 Å². The molecule has 0 heterocycles. The normalized spacial score (nSPS) is 18.5. The summed E-state index contributed by atoms with van der Waals surface area (Å²) in [4.78, 5) is 21.3. The van der Waals surface area contributed by atoms with Crippen molar-refractivity contribution in [3.63, 3.8) is 0 Å². The Balaban J connectivity index is 2.13. The van der Waals surface area contributed by atoms with Gasteiger partial charge in [-0.05, 0) is 25.7 Å². The second-order valence-electron chi connectivity index (χ2n) is 4.14. The molecular formula is C11H18O4. The maximum absolute atomic E-state index is 11.4. The van der Waals surface area contributed by atoms with Gasteiger partial charge in [0.1, 0.15) is 6.10 Å². The molecule has 1 unspecified atom stereocenters. The average Bonchev–Trinajstić information content (AvgIpc) is 2.67. The lowest BCUT2D eigenvalue weighted by Gasteiger charge is -2.13. The number of esters is 1. The highest BCUT2D eigenvalue weighted by atomic mass is 16.5. The summed E-state index contributed by atoms with van der Waals surface area (Å²) < 4.78 is 9.86. The maximum atomic E-state index is 11.4. The zero-order valence-corrected chi connectivity index (χ0v) is 9.11. The van der Waals surface area contributed by atoms with E-state index < -0.39 is 0 Å². The molecular weight excluding hydrogens is 196 g/mol. The molecule has 0 bridgehead atoms. The van der Waals surface area contributed by atoms with Gasteiger partial charge in [-0.1, -0.05) is 6.92 Å². The number of hydrogen-bond acceptors (Lipinski definition) is 4. The van der Waals surface area contributed by atoms with Crippen molar-refractivity contribution in [3.8, 4) is 0 Å². The predicted molar refractivity (Wildman–Crippen MR) is 54.1 cm³/mol. The topological polar surface area (TPSA) is 52.6 Å². The molecule has 1 rings (SSSR count). The monoisotopic (exact) mass is 214 g/mol. The van der Waals surface area contributed by atoms with Crippen LogP contribution in [0.3, 0.4) is 0 Å². The lowest BCUT2D eigenvalue weighted by molar-refractivity contribution is -0.150. The van der Waals surface area contributed by atoms with E-state index in [1.165, 1.54) is 0 Å². The van der Waals surface area contributed by atoms with Crippen molar-refractivity contribution < 1.29 is 19.1 Å². The molecule has 0 spiro atoms. The van der Waals surface area contributed by atoms with Gasteiger partial charge in [-0.2, -0.15) is 0 Å². The van der Waals surface area contributed by atoms with E-state index >= 15 is 0 Å². The van der Waals surface area contributed by atoms with Crippen LogP contribution in [-0.4, -0.2) is 25.2 Å². The van der Waals surface area contributed by atoms with E-state index in [0.29, 0.717) is 12.9 Å². The first kappa shape index (κ1) is 12.0. The molecule has 0 saturated heterocycles. The van der Waals surface area contributed by atoms with Gasteiger partial charge in [-0.25, -0.2) is 0 Å². The van der Waals surface area contributed by atoms with Crippen molar-refractivity contribution in [2.75, 3.05) is 6.61 Å². The second-order valence-corrected chi connectivity index (χ2v) is 4.14. The Hall–Kier alpha value is -1.06. The zero-order chi connectivity index (χ0) is 11.1. The van der Waals surface area contributed by atoms with Crippen LogP contribution in [0.5, 0.6) is 0 Å². The van der Waals surface area contributed by atoms with Gasteiger partial charge in [0.2, 0.25) is 0 Å². The molecule has 4 nitrogen and oxygen atoms in total. The summed E-state index contributed by atoms with van der Waals surface area (Å²) in [5, 5.41) is 0. The highest BCUT2D eigenvalue weighted by molar-refractivity contribution is 5.69. The van der Waals surface area contributed by atoms with Crippen LogP contribution in [0.15, 0.2) is 0 Å². The summed E-state index contributed by atoms with van der Waals surface area (Å²) in [5.74, 6) is -0.145. The van der Waals surface area contributed by atoms with E-state index in [4.69, 9.17) is 4.74 Å². The molecule has 1 atom stereocenters. The Morgan fingerprint density at radius 1 is 1.47 bits per heavy atom. The van der Waals surface area contributed by atoms with Crippen LogP contribution < -0.4 is 0 Å². The van der Waals surface area contributed by atoms with Crippen molar-refractivity contribution in [1.82, 2.24) is 0 Å². The summed E-state index contributed by atoms with van der Waals surface area (Å²) in [6.07, 6.45) is 4.74. The fraction of sp³-hybridized carbons (Fsp3) is 0.818. The standard InChI is InChI=1S/C11H18O4/c1-9(7-14-8-12)6-11(13)15-10-4-2-3-5-10/h8-10H,2-7H2,1H3. The smallest absolute Gasteiger partial charge is 0.306 e. The lowest BCUT2D eigenvalue weighted by Crippen LogP contribution is -2.18. The summed E-state index contributed by atoms with van der Waals surface area (Å²) >= 11 is 0. The molecule has 15 heavy (non-hydrogen) atoms. The molecule has 1 aliphatic rings. The molecule has 4 heteroatoms. The molecule has 0 aliphatic heterocycles. The fourth-order valence-electron chi connectivity index (χ4n) is 1.79. The Morgan fingerprint density at radius 2 is 2.13 bits per heavy atom. The minimum Gasteiger partial charge on any atom is -0.468 e. The zero-order valence-electron chi connectivity index (χ0n) is 9.11. The fourth-order valence-corrected chi connectivity index (χ4v) is 1.79. The van der Waals surface area contributed by atoms with Gasteiger partial charge in [0.15, 0.2) is 0 Å². The first-order valence-electron chi connectivity index (χ1n) is 5.47. The number of rotatable bonds is 6. The summed E-state index contributed by atoms with van der Waals surface area (Å²) in [5.41, 5.74) is 0. The molecule has 1 fully saturated rings. The van der Waals surface area contributed by atoms with Crippen molar-refractivity contribution >= 4 is 12.4 Å². The van der Waals surface area contributed by atoms with Crippen LogP contribution in [0, 0.1) is 5.92 Å². The van der Waals surface area contributed by atoms with Gasteiger partial charge >= 0.3 is 5.97 Å². The second kappa shape index (κ2) is 6.43. The number of ether oxygens (including phenoxy) is 2. The predicted octanol–water partition coefficient (Wildman–Crippen LogP) is 1.67. The van der Waals surface area contributed by atoms with E-state index in [9.17, 15) is 9.59 Å². The van der Waals surface area contributed by atoms with E-state index in [1.54, 1.807) is 0 Å². The van der Waals surface area contributed by atoms with E-state index in [-0.39, 0.29) is 24.6 Å². The lowest BCUT2D eigenvalue weighted by atomic mass is 10.1. The summed E-state index contributed by atoms with van der Waals surface area (Å²) in [7, 11) is 0. The van der Waals surface area contributed by atoms with E-state index in [2.05, 4.69) is 4.74 Å². The summed E-state index contributed by atoms with van der Waals surface area (Å²) in [6.45, 7) is 2.54. The van der Waals surface area contributed by atoms with Crippen molar-refractivity contribution in [2.24, 2.45) is 5.92 Å². The molecule has 0 aromatic carbocycles. The Bertz CT molecular complexity index is 209. The first-order valence-corrected chi connectivity index (χ1v) is 5.47. The van der Waals surface area contributed by atoms with Crippen LogP contribution in [0.1, 0.15) is 39.0 Å². The Morgan fingerprint density at radius 3 is 2.73 bits per heavy atom. The van der Waals surface area contributed by atoms with Crippen LogP contribution in [-0.2, 0) is 19.1 Å². The number of carbonyl (C=O) groups excluding carboxylic acids is 2. The Labute approximate surface area is 89.9 Å².